The molecule has 2 unspecified atom stereocenters. The number of primary amides is 1. The Hall–Kier alpha value is -0.900. The summed E-state index contributed by atoms with van der Waals surface area (Å²) in [6.07, 6.45) is 1.34. The molecule has 0 radical (unpaired) electrons. The van der Waals surface area contributed by atoms with E-state index in [4.69, 9.17) is 5.73 Å². The summed E-state index contributed by atoms with van der Waals surface area (Å²) in [5, 5.41) is 3.02. The van der Waals surface area contributed by atoms with Gasteiger partial charge in [-0.1, -0.05) is 6.92 Å². The highest BCUT2D eigenvalue weighted by Gasteiger charge is 2.36. The van der Waals surface area contributed by atoms with Crippen LogP contribution < -0.4 is 11.1 Å². The summed E-state index contributed by atoms with van der Waals surface area (Å²) in [6, 6.07) is -0.146. The Labute approximate surface area is 71.5 Å². The largest absolute Gasteiger partial charge is 0.369 e. The Kier molecular flexibility index (Phi) is 2.81. The Bertz CT molecular complexity index is 203. The molecule has 0 spiro atoms. The lowest BCUT2D eigenvalue weighted by Crippen LogP contribution is -2.37. The number of hydrogen-bond acceptors (Lipinski definition) is 3. The fourth-order valence-electron chi connectivity index (χ4n) is 1.59. The van der Waals surface area contributed by atoms with Gasteiger partial charge in [0.15, 0.2) is 5.78 Å². The molecule has 1 fully saturated rings. The second kappa shape index (κ2) is 3.67. The molecule has 0 aromatic carbocycles. The van der Waals surface area contributed by atoms with Gasteiger partial charge in [-0.05, 0) is 19.4 Å². The summed E-state index contributed by atoms with van der Waals surface area (Å²) in [5.41, 5.74) is 5.06. The number of carbonyl (C=O) groups excluding carboxylic acids is 2. The highest BCUT2D eigenvalue weighted by atomic mass is 16.2. The van der Waals surface area contributed by atoms with Crippen LogP contribution >= 0.6 is 0 Å². The molecule has 3 N–H and O–H groups in total. The molecule has 1 aliphatic rings. The lowest BCUT2D eigenvalue weighted by Gasteiger charge is -2.08. The van der Waals surface area contributed by atoms with Gasteiger partial charge in [0, 0.05) is 0 Å². The second-order valence-corrected chi connectivity index (χ2v) is 3.04. The molecule has 0 aromatic heterocycles. The summed E-state index contributed by atoms with van der Waals surface area (Å²) >= 11 is 0. The molecule has 1 rings (SSSR count). The molecule has 4 heteroatoms. The maximum Gasteiger partial charge on any atom is 0.228 e. The van der Waals surface area contributed by atoms with E-state index in [1.54, 1.807) is 0 Å². The van der Waals surface area contributed by atoms with E-state index < -0.39 is 11.8 Å². The van der Waals surface area contributed by atoms with Gasteiger partial charge in [-0.15, -0.1) is 0 Å². The van der Waals surface area contributed by atoms with E-state index in [2.05, 4.69) is 5.32 Å². The molecule has 0 heterocycles. The lowest BCUT2D eigenvalue weighted by molar-refractivity contribution is -0.131. The van der Waals surface area contributed by atoms with Crippen LogP contribution in [0.4, 0.5) is 0 Å². The van der Waals surface area contributed by atoms with Crippen LogP contribution in [0.5, 0.6) is 0 Å². The summed E-state index contributed by atoms with van der Waals surface area (Å²) in [4.78, 5) is 22.1. The van der Waals surface area contributed by atoms with Crippen molar-refractivity contribution < 1.29 is 9.59 Å². The van der Waals surface area contributed by atoms with Gasteiger partial charge in [0.1, 0.15) is 0 Å². The fraction of sp³-hybridized carbons (Fsp3) is 0.750. The number of nitrogens with two attached hydrogens (primary N) is 1. The van der Waals surface area contributed by atoms with Gasteiger partial charge >= 0.3 is 0 Å². The zero-order valence-corrected chi connectivity index (χ0v) is 7.17. The zero-order valence-electron chi connectivity index (χ0n) is 7.17. The molecule has 12 heavy (non-hydrogen) atoms. The minimum atomic E-state index is -0.547. The van der Waals surface area contributed by atoms with Crippen LogP contribution in [0.15, 0.2) is 0 Å². The van der Waals surface area contributed by atoms with E-state index in [-0.39, 0.29) is 11.8 Å². The molecule has 0 aromatic rings. The van der Waals surface area contributed by atoms with Crippen molar-refractivity contribution in [1.29, 1.82) is 0 Å². The number of Topliss-reactive ketones (excluding diaryl/α,β-unsaturated/α-hetero) is 1. The van der Waals surface area contributed by atoms with Gasteiger partial charge < -0.3 is 11.1 Å². The van der Waals surface area contributed by atoms with Crippen LogP contribution in [0.3, 0.4) is 0 Å². The van der Waals surface area contributed by atoms with Crippen molar-refractivity contribution in [3.63, 3.8) is 0 Å². The fourth-order valence-corrected chi connectivity index (χ4v) is 1.59. The van der Waals surface area contributed by atoms with Crippen molar-refractivity contribution in [2.45, 2.75) is 25.8 Å². The van der Waals surface area contributed by atoms with Crippen LogP contribution in [-0.4, -0.2) is 24.3 Å². The van der Waals surface area contributed by atoms with E-state index in [0.717, 1.165) is 13.0 Å². The maximum atomic E-state index is 11.4. The van der Waals surface area contributed by atoms with Crippen LogP contribution in [-0.2, 0) is 9.59 Å². The van der Waals surface area contributed by atoms with E-state index in [9.17, 15) is 9.59 Å². The molecule has 0 bridgehead atoms. The van der Waals surface area contributed by atoms with Gasteiger partial charge in [0.05, 0.1) is 12.0 Å². The van der Waals surface area contributed by atoms with Crippen LogP contribution in [0.1, 0.15) is 19.8 Å². The zero-order chi connectivity index (χ0) is 9.14. The number of carbonyl (C=O) groups is 2. The first-order valence-electron chi connectivity index (χ1n) is 4.23. The van der Waals surface area contributed by atoms with Crippen LogP contribution in [0.25, 0.3) is 0 Å². The topological polar surface area (TPSA) is 72.2 Å². The minimum absolute atomic E-state index is 0.0376. The molecule has 2 atom stereocenters. The van der Waals surface area contributed by atoms with Gasteiger partial charge in [-0.2, -0.15) is 0 Å². The van der Waals surface area contributed by atoms with E-state index in [1.807, 2.05) is 6.92 Å². The Morgan fingerprint density at radius 1 is 1.67 bits per heavy atom. The van der Waals surface area contributed by atoms with Gasteiger partial charge in [0.25, 0.3) is 0 Å². The molecular formula is C8H14N2O2. The normalized spacial score (nSPS) is 29.2. The van der Waals surface area contributed by atoms with Crippen molar-refractivity contribution in [1.82, 2.24) is 5.32 Å². The summed E-state index contributed by atoms with van der Waals surface area (Å²) in [7, 11) is 0. The molecule has 4 nitrogen and oxygen atoms in total. The van der Waals surface area contributed by atoms with Crippen molar-refractivity contribution in [3.05, 3.63) is 0 Å². The quantitative estimate of drug-likeness (QED) is 0.557. The third-order valence-electron chi connectivity index (χ3n) is 2.22. The predicted molar refractivity (Wildman–Crippen MR) is 44.4 cm³/mol. The van der Waals surface area contributed by atoms with Crippen LogP contribution in [0.2, 0.25) is 0 Å². The average molecular weight is 170 g/mol. The second-order valence-electron chi connectivity index (χ2n) is 3.04. The summed E-state index contributed by atoms with van der Waals surface area (Å²) in [5.74, 6) is -1.07. The van der Waals surface area contributed by atoms with Crippen molar-refractivity contribution >= 4 is 11.7 Å². The Balaban J connectivity index is 2.55. The number of rotatable bonds is 3. The Morgan fingerprint density at radius 3 is 2.75 bits per heavy atom. The number of ketones is 1. The third kappa shape index (κ3) is 1.64. The monoisotopic (exact) mass is 170 g/mol. The average Bonchev–Trinajstić information content (AvgIpc) is 2.34. The van der Waals surface area contributed by atoms with E-state index >= 15 is 0 Å². The SMILES string of the molecule is CCNC1CCC(C(N)=O)C1=O. The van der Waals surface area contributed by atoms with Crippen molar-refractivity contribution in [3.8, 4) is 0 Å². The van der Waals surface area contributed by atoms with Gasteiger partial charge in [-0.3, -0.25) is 9.59 Å². The number of hydrogen-bond donors (Lipinski definition) is 2. The molecule has 0 saturated heterocycles. The highest BCUT2D eigenvalue weighted by Crippen LogP contribution is 2.21. The van der Waals surface area contributed by atoms with E-state index in [1.165, 1.54) is 0 Å². The molecule has 1 saturated carbocycles. The first-order chi connectivity index (χ1) is 5.66. The first kappa shape index (κ1) is 9.19. The van der Waals surface area contributed by atoms with Crippen molar-refractivity contribution in [2.24, 2.45) is 11.7 Å². The Morgan fingerprint density at radius 2 is 2.33 bits per heavy atom. The first-order valence-corrected chi connectivity index (χ1v) is 4.23. The molecule has 1 aliphatic carbocycles. The standard InChI is InChI=1S/C8H14N2O2/c1-2-10-6-4-3-5(7(6)11)8(9)12/h5-6,10H,2-4H2,1H3,(H2,9,12). The lowest BCUT2D eigenvalue weighted by atomic mass is 10.1. The van der Waals surface area contributed by atoms with Crippen LogP contribution in [0, 0.1) is 5.92 Å². The molecule has 1 amide bonds. The molecular weight excluding hydrogens is 156 g/mol. The van der Waals surface area contributed by atoms with Crippen molar-refractivity contribution in [2.75, 3.05) is 6.54 Å². The minimum Gasteiger partial charge on any atom is -0.369 e. The third-order valence-corrected chi connectivity index (χ3v) is 2.22. The van der Waals surface area contributed by atoms with Gasteiger partial charge in [-0.25, -0.2) is 0 Å². The number of amides is 1. The van der Waals surface area contributed by atoms with E-state index in [0.29, 0.717) is 6.42 Å². The van der Waals surface area contributed by atoms with Gasteiger partial charge in [0.2, 0.25) is 5.91 Å². The summed E-state index contributed by atoms with van der Waals surface area (Å²) < 4.78 is 0. The number of likely N-dealkylation sites (N-methyl/N-ethyl adjacent to an activating group) is 1. The molecule has 68 valence electrons. The maximum absolute atomic E-state index is 11.4. The smallest absolute Gasteiger partial charge is 0.228 e. The predicted octanol–water partition coefficient (Wildman–Crippen LogP) is -0.571. The highest BCUT2D eigenvalue weighted by molar-refractivity contribution is 6.04. The summed E-state index contributed by atoms with van der Waals surface area (Å²) in [6.45, 7) is 2.69. The number of nitrogens with one attached hydrogen (secondary N) is 1. The molecule has 0 aliphatic heterocycles.